The van der Waals surface area contributed by atoms with Crippen LogP contribution in [0, 0.1) is 17.4 Å². The van der Waals surface area contributed by atoms with Crippen molar-refractivity contribution >= 4 is 49.9 Å². The molecule has 8 heteroatoms. The molecule has 0 fully saturated rings. The van der Waals surface area contributed by atoms with Crippen LogP contribution in [0.25, 0.3) is 0 Å². The molecule has 6 nitrogen and oxygen atoms in total. The number of nitrogens with zero attached hydrogens (tertiary/aromatic N) is 1. The third-order valence-electron chi connectivity index (χ3n) is 5.46. The van der Waals surface area contributed by atoms with Crippen LogP contribution in [0.2, 0.25) is 0 Å². The molecule has 4 rings (SSSR count). The van der Waals surface area contributed by atoms with E-state index in [1.165, 1.54) is 0 Å². The Balaban J connectivity index is 1.63. The van der Waals surface area contributed by atoms with Gasteiger partial charge in [0.05, 0.1) is 10.6 Å². The number of anilines is 2. The summed E-state index contributed by atoms with van der Waals surface area (Å²) in [5.41, 5.74) is 2.82. The van der Waals surface area contributed by atoms with Gasteiger partial charge in [0.15, 0.2) is 0 Å². The molecule has 0 aliphatic rings. The van der Waals surface area contributed by atoms with E-state index >= 15 is 0 Å². The molecule has 0 saturated heterocycles. The number of amides is 1. The number of carbonyl (C=O) groups excluding carboxylic acids is 1. The second kappa shape index (κ2) is 11.1. The molecule has 0 radical (unpaired) electrons. The standard InChI is InChI=1S/C28H25IN2O4S/c1-20-8-15-26(16-9-20)36(33,34)31(19-28(32)30-27-17-10-22(29)18-21(27)2)23-11-13-25(14-12-23)35-24-6-4-3-5-7-24/h3-18H,19H2,1-2H3,(H,30,32). The Kier molecular flexibility index (Phi) is 7.95. The summed E-state index contributed by atoms with van der Waals surface area (Å²) in [7, 11) is -4.02. The number of rotatable bonds is 8. The monoisotopic (exact) mass is 612 g/mol. The second-order valence-corrected chi connectivity index (χ2v) is 11.3. The summed E-state index contributed by atoms with van der Waals surface area (Å²) in [6.07, 6.45) is 0. The maximum atomic E-state index is 13.6. The van der Waals surface area contributed by atoms with Gasteiger partial charge in [0.1, 0.15) is 18.0 Å². The van der Waals surface area contributed by atoms with E-state index in [9.17, 15) is 13.2 Å². The number of hydrogen-bond acceptors (Lipinski definition) is 4. The summed E-state index contributed by atoms with van der Waals surface area (Å²) < 4.78 is 35.3. The fraction of sp³-hybridized carbons (Fsp3) is 0.107. The number of hydrogen-bond donors (Lipinski definition) is 1. The first-order chi connectivity index (χ1) is 17.2. The van der Waals surface area contributed by atoms with E-state index in [0.29, 0.717) is 22.9 Å². The van der Waals surface area contributed by atoms with Crippen LogP contribution in [-0.4, -0.2) is 20.9 Å². The van der Waals surface area contributed by atoms with Crippen LogP contribution in [0.1, 0.15) is 11.1 Å². The Hall–Kier alpha value is -3.37. The maximum absolute atomic E-state index is 13.6. The first-order valence-corrected chi connectivity index (χ1v) is 13.7. The van der Waals surface area contributed by atoms with Gasteiger partial charge in [-0.05, 0) is 109 Å². The van der Waals surface area contributed by atoms with Crippen molar-refractivity contribution in [1.82, 2.24) is 0 Å². The van der Waals surface area contributed by atoms with E-state index in [1.54, 1.807) is 48.5 Å². The van der Waals surface area contributed by atoms with Crippen molar-refractivity contribution < 1.29 is 17.9 Å². The third kappa shape index (κ3) is 6.24. The lowest BCUT2D eigenvalue weighted by molar-refractivity contribution is -0.114. The highest BCUT2D eigenvalue weighted by Gasteiger charge is 2.27. The lowest BCUT2D eigenvalue weighted by Crippen LogP contribution is -2.38. The Morgan fingerprint density at radius 3 is 2.14 bits per heavy atom. The number of carbonyl (C=O) groups is 1. The molecule has 1 amide bonds. The summed E-state index contributed by atoms with van der Waals surface area (Å²) in [4.78, 5) is 13.1. The van der Waals surface area contributed by atoms with Gasteiger partial charge in [-0.25, -0.2) is 8.42 Å². The quantitative estimate of drug-likeness (QED) is 0.230. The number of halogens is 1. The van der Waals surface area contributed by atoms with Crippen molar-refractivity contribution in [1.29, 1.82) is 0 Å². The largest absolute Gasteiger partial charge is 0.457 e. The summed E-state index contributed by atoms with van der Waals surface area (Å²) in [6.45, 7) is 3.39. The molecule has 0 aromatic heterocycles. The van der Waals surface area contributed by atoms with Gasteiger partial charge in [0.25, 0.3) is 10.0 Å². The zero-order chi connectivity index (χ0) is 25.7. The van der Waals surface area contributed by atoms with Crippen LogP contribution < -0.4 is 14.4 Å². The van der Waals surface area contributed by atoms with Crippen molar-refractivity contribution in [3.8, 4) is 11.5 Å². The first kappa shape index (κ1) is 25.7. The molecule has 36 heavy (non-hydrogen) atoms. The van der Waals surface area contributed by atoms with Crippen LogP contribution in [-0.2, 0) is 14.8 Å². The van der Waals surface area contributed by atoms with Crippen LogP contribution in [0.3, 0.4) is 0 Å². The molecule has 0 heterocycles. The van der Waals surface area contributed by atoms with Crippen molar-refractivity contribution in [3.05, 3.63) is 112 Å². The second-order valence-electron chi connectivity index (χ2n) is 8.24. The van der Waals surface area contributed by atoms with Crippen LogP contribution >= 0.6 is 22.6 Å². The first-order valence-electron chi connectivity index (χ1n) is 11.2. The molecule has 0 spiro atoms. The van der Waals surface area contributed by atoms with Gasteiger partial charge in [-0.1, -0.05) is 35.9 Å². The normalized spacial score (nSPS) is 11.1. The molecule has 0 bridgehead atoms. The molecule has 0 aliphatic heterocycles. The average molecular weight is 612 g/mol. The number of benzene rings is 4. The summed E-state index contributed by atoms with van der Waals surface area (Å²) >= 11 is 2.20. The molecule has 0 atom stereocenters. The molecular weight excluding hydrogens is 587 g/mol. The Labute approximate surface area is 225 Å². The summed E-state index contributed by atoms with van der Waals surface area (Å²) in [5.74, 6) is 0.776. The molecular formula is C28H25IN2O4S. The molecule has 1 N–H and O–H groups in total. The van der Waals surface area contributed by atoms with E-state index < -0.39 is 15.9 Å². The smallest absolute Gasteiger partial charge is 0.264 e. The molecule has 184 valence electrons. The molecule has 4 aromatic rings. The van der Waals surface area contributed by atoms with Crippen LogP contribution in [0.5, 0.6) is 11.5 Å². The van der Waals surface area contributed by atoms with E-state index in [4.69, 9.17) is 4.74 Å². The highest BCUT2D eigenvalue weighted by atomic mass is 127. The minimum atomic E-state index is -4.02. The van der Waals surface area contributed by atoms with Crippen molar-refractivity contribution in [2.24, 2.45) is 0 Å². The predicted molar refractivity (Wildman–Crippen MR) is 151 cm³/mol. The molecule has 4 aromatic carbocycles. The zero-order valence-corrected chi connectivity index (χ0v) is 22.8. The summed E-state index contributed by atoms with van der Waals surface area (Å²) in [5, 5.41) is 2.84. The maximum Gasteiger partial charge on any atom is 0.264 e. The number of nitrogens with one attached hydrogen (secondary N) is 1. The Morgan fingerprint density at radius 1 is 0.861 bits per heavy atom. The average Bonchev–Trinajstić information content (AvgIpc) is 2.86. The van der Waals surface area contributed by atoms with E-state index in [1.807, 2.05) is 62.4 Å². The number of aryl methyl sites for hydroxylation is 2. The van der Waals surface area contributed by atoms with E-state index in [-0.39, 0.29) is 11.4 Å². The predicted octanol–water partition coefficient (Wildman–Crippen LogP) is 6.53. The van der Waals surface area contributed by atoms with Crippen molar-refractivity contribution in [3.63, 3.8) is 0 Å². The Bertz CT molecular complexity index is 1460. The molecule has 0 aliphatic carbocycles. The fourth-order valence-corrected chi connectivity index (χ4v) is 5.61. The van der Waals surface area contributed by atoms with Gasteiger partial charge in [0, 0.05) is 9.26 Å². The third-order valence-corrected chi connectivity index (χ3v) is 7.92. The van der Waals surface area contributed by atoms with Gasteiger partial charge in [-0.3, -0.25) is 9.10 Å². The summed E-state index contributed by atoms with van der Waals surface area (Å²) in [6, 6.07) is 28.1. The van der Waals surface area contributed by atoms with Crippen LogP contribution in [0.4, 0.5) is 11.4 Å². The zero-order valence-electron chi connectivity index (χ0n) is 19.8. The van der Waals surface area contributed by atoms with Crippen molar-refractivity contribution in [2.45, 2.75) is 18.7 Å². The Morgan fingerprint density at radius 2 is 1.50 bits per heavy atom. The molecule has 0 unspecified atom stereocenters. The van der Waals surface area contributed by atoms with E-state index in [2.05, 4.69) is 27.9 Å². The van der Waals surface area contributed by atoms with Crippen molar-refractivity contribution in [2.75, 3.05) is 16.2 Å². The van der Waals surface area contributed by atoms with Gasteiger partial charge in [0.2, 0.25) is 5.91 Å². The van der Waals surface area contributed by atoms with Gasteiger partial charge in [-0.15, -0.1) is 0 Å². The minimum Gasteiger partial charge on any atom is -0.457 e. The topological polar surface area (TPSA) is 75.7 Å². The molecule has 0 saturated carbocycles. The van der Waals surface area contributed by atoms with E-state index in [0.717, 1.165) is 19.0 Å². The number of para-hydroxylation sites is 1. The van der Waals surface area contributed by atoms with Gasteiger partial charge >= 0.3 is 0 Å². The van der Waals surface area contributed by atoms with Crippen LogP contribution in [0.15, 0.2) is 102 Å². The minimum absolute atomic E-state index is 0.107. The van der Waals surface area contributed by atoms with Gasteiger partial charge < -0.3 is 10.1 Å². The lowest BCUT2D eigenvalue weighted by Gasteiger charge is -2.24. The highest BCUT2D eigenvalue weighted by Crippen LogP contribution is 2.28. The fourth-order valence-electron chi connectivity index (χ4n) is 3.55. The lowest BCUT2D eigenvalue weighted by atomic mass is 10.2. The highest BCUT2D eigenvalue weighted by molar-refractivity contribution is 14.1. The van der Waals surface area contributed by atoms with Gasteiger partial charge in [-0.2, -0.15) is 0 Å². The number of ether oxygens (including phenoxy) is 1. The number of sulfonamides is 1. The SMILES string of the molecule is Cc1ccc(S(=O)(=O)N(CC(=O)Nc2ccc(I)cc2C)c2ccc(Oc3ccccc3)cc2)cc1.